The minimum atomic E-state index is -0.928. The molecule has 1 aromatic carbocycles. The Morgan fingerprint density at radius 2 is 2.15 bits per heavy atom. The molecule has 0 aromatic heterocycles. The molecule has 4 nitrogen and oxygen atoms in total. The Balaban J connectivity index is 1.97. The van der Waals surface area contributed by atoms with E-state index in [1.807, 2.05) is 18.2 Å². The number of benzene rings is 1. The number of carboxylic acids is 1. The van der Waals surface area contributed by atoms with Crippen LogP contribution in [-0.2, 0) is 16.0 Å². The highest BCUT2D eigenvalue weighted by atomic mass is 35.5. The Labute approximate surface area is 127 Å². The van der Waals surface area contributed by atoms with E-state index in [0.717, 1.165) is 11.3 Å². The largest absolute Gasteiger partial charge is 0.480 e. The zero-order valence-corrected chi connectivity index (χ0v) is 12.5. The molecule has 1 saturated heterocycles. The Morgan fingerprint density at radius 1 is 1.40 bits per heavy atom. The maximum absolute atomic E-state index is 12.2. The molecule has 0 bridgehead atoms. The van der Waals surface area contributed by atoms with Gasteiger partial charge in [-0.15, -0.1) is 0 Å². The zero-order valence-electron chi connectivity index (χ0n) is 10.9. The molecule has 1 aliphatic heterocycles. The zero-order chi connectivity index (χ0) is 14.5. The first-order valence-electron chi connectivity index (χ1n) is 6.43. The van der Waals surface area contributed by atoms with Gasteiger partial charge in [-0.05, 0) is 18.1 Å². The second-order valence-corrected chi connectivity index (χ2v) is 6.16. The molecule has 2 rings (SSSR count). The van der Waals surface area contributed by atoms with E-state index in [2.05, 4.69) is 0 Å². The number of aliphatic carboxylic acids is 1. The average Bonchev–Trinajstić information content (AvgIpc) is 2.46. The summed E-state index contributed by atoms with van der Waals surface area (Å²) < 4.78 is 0. The Hall–Kier alpha value is -1.20. The first-order valence-corrected chi connectivity index (χ1v) is 7.96. The molecular weight excluding hydrogens is 298 g/mol. The van der Waals surface area contributed by atoms with Gasteiger partial charge in [-0.2, -0.15) is 11.8 Å². The lowest BCUT2D eigenvalue weighted by Gasteiger charge is -2.32. The molecule has 0 saturated carbocycles. The number of carboxylic acid groups (broad SMARTS) is 1. The van der Waals surface area contributed by atoms with E-state index in [1.54, 1.807) is 17.8 Å². The first kappa shape index (κ1) is 15.2. The second kappa shape index (κ2) is 6.99. The van der Waals surface area contributed by atoms with Gasteiger partial charge in [-0.3, -0.25) is 4.79 Å². The molecule has 0 spiro atoms. The third-order valence-corrected chi connectivity index (χ3v) is 4.69. The van der Waals surface area contributed by atoms with Crippen LogP contribution in [0.4, 0.5) is 0 Å². The van der Waals surface area contributed by atoms with Crippen molar-refractivity contribution in [2.75, 3.05) is 18.1 Å². The normalized spacial score (nSPS) is 18.9. The Kier molecular flexibility index (Phi) is 5.31. The summed E-state index contributed by atoms with van der Waals surface area (Å²) in [4.78, 5) is 24.9. The summed E-state index contributed by atoms with van der Waals surface area (Å²) in [6, 6.07) is 6.70. The fourth-order valence-electron chi connectivity index (χ4n) is 2.19. The van der Waals surface area contributed by atoms with E-state index in [1.165, 1.54) is 4.90 Å². The van der Waals surface area contributed by atoms with Crippen LogP contribution < -0.4 is 0 Å². The predicted octanol–water partition coefficient (Wildman–Crippen LogP) is 2.30. The number of thioether (sulfide) groups is 1. The number of carbonyl (C=O) groups excluding carboxylic acids is 1. The van der Waals surface area contributed by atoms with Crippen LogP contribution in [0.2, 0.25) is 5.02 Å². The molecule has 0 radical (unpaired) electrons. The Bertz CT molecular complexity index is 509. The van der Waals surface area contributed by atoms with Crippen molar-refractivity contribution in [3.8, 4) is 0 Å². The number of hydrogen-bond acceptors (Lipinski definition) is 3. The number of carbonyl (C=O) groups is 2. The molecule has 1 atom stereocenters. The standard InChI is InChI=1S/C14H16ClNO3S/c15-11-4-2-1-3-10(11)5-6-13(17)16-7-8-20-9-12(16)14(18)19/h1-4,12H,5-9H2,(H,18,19). The van der Waals surface area contributed by atoms with Gasteiger partial charge < -0.3 is 10.0 Å². The maximum Gasteiger partial charge on any atom is 0.327 e. The molecule has 108 valence electrons. The van der Waals surface area contributed by atoms with Gasteiger partial charge in [-0.25, -0.2) is 4.79 Å². The maximum atomic E-state index is 12.2. The smallest absolute Gasteiger partial charge is 0.327 e. The molecule has 1 aromatic rings. The van der Waals surface area contributed by atoms with Crippen molar-refractivity contribution in [1.29, 1.82) is 0 Å². The van der Waals surface area contributed by atoms with Gasteiger partial charge in [-0.1, -0.05) is 29.8 Å². The predicted molar refractivity (Wildman–Crippen MR) is 80.2 cm³/mol. The van der Waals surface area contributed by atoms with Gasteiger partial charge in [0.15, 0.2) is 0 Å². The first-order chi connectivity index (χ1) is 9.59. The third-order valence-electron chi connectivity index (χ3n) is 3.30. The van der Waals surface area contributed by atoms with E-state index >= 15 is 0 Å². The van der Waals surface area contributed by atoms with Gasteiger partial charge in [0.1, 0.15) is 6.04 Å². The third kappa shape index (κ3) is 3.67. The molecule has 20 heavy (non-hydrogen) atoms. The molecule has 6 heteroatoms. The average molecular weight is 314 g/mol. The van der Waals surface area contributed by atoms with Gasteiger partial charge in [0.2, 0.25) is 5.91 Å². The topological polar surface area (TPSA) is 57.6 Å². The monoisotopic (exact) mass is 313 g/mol. The molecule has 0 aliphatic carbocycles. The summed E-state index contributed by atoms with van der Waals surface area (Å²) in [5.41, 5.74) is 0.917. The lowest BCUT2D eigenvalue weighted by atomic mass is 10.1. The highest BCUT2D eigenvalue weighted by Crippen LogP contribution is 2.20. The van der Waals surface area contributed by atoms with Gasteiger partial charge in [0, 0.05) is 29.5 Å². The van der Waals surface area contributed by atoms with Crippen molar-refractivity contribution >= 4 is 35.2 Å². The SMILES string of the molecule is O=C(O)C1CSCCN1C(=O)CCc1ccccc1Cl. The van der Waals surface area contributed by atoms with Gasteiger partial charge in [0.05, 0.1) is 0 Å². The van der Waals surface area contributed by atoms with Crippen LogP contribution >= 0.6 is 23.4 Å². The molecule has 1 N–H and O–H groups in total. The van der Waals surface area contributed by atoms with E-state index in [4.69, 9.17) is 16.7 Å². The number of hydrogen-bond donors (Lipinski definition) is 1. The molecule has 1 heterocycles. The molecule has 1 unspecified atom stereocenters. The summed E-state index contributed by atoms with van der Waals surface area (Å²) in [7, 11) is 0. The summed E-state index contributed by atoms with van der Waals surface area (Å²) in [6.07, 6.45) is 0.826. The van der Waals surface area contributed by atoms with Crippen molar-refractivity contribution < 1.29 is 14.7 Å². The number of nitrogens with zero attached hydrogens (tertiary/aromatic N) is 1. The van der Waals surface area contributed by atoms with Crippen molar-refractivity contribution in [2.45, 2.75) is 18.9 Å². The number of amides is 1. The highest BCUT2D eigenvalue weighted by molar-refractivity contribution is 7.99. The van der Waals surface area contributed by atoms with E-state index in [0.29, 0.717) is 23.7 Å². The van der Waals surface area contributed by atoms with Crippen LogP contribution in [0.5, 0.6) is 0 Å². The molecular formula is C14H16ClNO3S. The summed E-state index contributed by atoms with van der Waals surface area (Å²) in [6.45, 7) is 0.503. The lowest BCUT2D eigenvalue weighted by molar-refractivity contribution is -0.149. The van der Waals surface area contributed by atoms with Crippen LogP contribution in [0.3, 0.4) is 0 Å². The number of rotatable bonds is 4. The minimum absolute atomic E-state index is 0.113. The fourth-order valence-corrected chi connectivity index (χ4v) is 3.46. The van der Waals surface area contributed by atoms with Crippen LogP contribution in [0, 0.1) is 0 Å². The minimum Gasteiger partial charge on any atom is -0.480 e. The van der Waals surface area contributed by atoms with Crippen molar-refractivity contribution in [3.63, 3.8) is 0 Å². The summed E-state index contributed by atoms with van der Waals surface area (Å²) >= 11 is 7.62. The quantitative estimate of drug-likeness (QED) is 0.926. The van der Waals surface area contributed by atoms with Gasteiger partial charge in [0.25, 0.3) is 0 Å². The summed E-state index contributed by atoms with van der Waals surface area (Å²) in [5.74, 6) is 0.218. The van der Waals surface area contributed by atoms with E-state index in [-0.39, 0.29) is 12.3 Å². The van der Waals surface area contributed by atoms with Crippen LogP contribution in [0.25, 0.3) is 0 Å². The van der Waals surface area contributed by atoms with E-state index in [9.17, 15) is 9.59 Å². The number of halogens is 1. The Morgan fingerprint density at radius 3 is 2.85 bits per heavy atom. The van der Waals surface area contributed by atoms with Gasteiger partial charge >= 0.3 is 5.97 Å². The molecule has 1 aliphatic rings. The second-order valence-electron chi connectivity index (χ2n) is 4.61. The molecule has 1 fully saturated rings. The van der Waals surface area contributed by atoms with Crippen molar-refractivity contribution in [1.82, 2.24) is 4.90 Å². The summed E-state index contributed by atoms with van der Waals surface area (Å²) in [5, 5.41) is 9.80. The van der Waals surface area contributed by atoms with Crippen LogP contribution in [0.1, 0.15) is 12.0 Å². The number of aryl methyl sites for hydroxylation is 1. The van der Waals surface area contributed by atoms with Crippen LogP contribution in [0.15, 0.2) is 24.3 Å². The lowest BCUT2D eigenvalue weighted by Crippen LogP contribution is -2.50. The van der Waals surface area contributed by atoms with Crippen molar-refractivity contribution in [2.24, 2.45) is 0 Å². The fraction of sp³-hybridized carbons (Fsp3) is 0.429. The van der Waals surface area contributed by atoms with Crippen LogP contribution in [-0.4, -0.2) is 46.0 Å². The van der Waals surface area contributed by atoms with Crippen molar-refractivity contribution in [3.05, 3.63) is 34.9 Å². The van der Waals surface area contributed by atoms with E-state index < -0.39 is 12.0 Å². The molecule has 1 amide bonds. The highest BCUT2D eigenvalue weighted by Gasteiger charge is 2.31.